The summed E-state index contributed by atoms with van der Waals surface area (Å²) in [4.78, 5) is 7.27. The van der Waals surface area contributed by atoms with Gasteiger partial charge in [0.15, 0.2) is 0 Å². The molecule has 2 nitrogen and oxygen atoms in total. The van der Waals surface area contributed by atoms with Gasteiger partial charge in [-0.15, -0.1) is 0 Å². The first-order valence-electron chi connectivity index (χ1n) is 8.61. The van der Waals surface area contributed by atoms with Crippen LogP contribution in [0.3, 0.4) is 0 Å². The molecule has 0 bridgehead atoms. The fraction of sp³-hybridized carbons (Fsp3) is 0.526. The molecule has 1 aliphatic heterocycles. The van der Waals surface area contributed by atoms with E-state index in [0.29, 0.717) is 0 Å². The summed E-state index contributed by atoms with van der Waals surface area (Å²) >= 11 is 6.42. The first-order chi connectivity index (χ1) is 10.8. The van der Waals surface area contributed by atoms with Crippen molar-refractivity contribution >= 4 is 22.5 Å². The molecule has 1 saturated heterocycles. The maximum absolute atomic E-state index is 6.42. The molecule has 0 N–H and O–H groups in total. The van der Waals surface area contributed by atoms with Crippen LogP contribution in [0, 0.1) is 0 Å². The fourth-order valence-electron chi connectivity index (χ4n) is 4.11. The molecule has 1 aromatic heterocycles. The van der Waals surface area contributed by atoms with Crippen molar-refractivity contribution in [3.63, 3.8) is 0 Å². The predicted molar refractivity (Wildman–Crippen MR) is 92.7 cm³/mol. The average Bonchev–Trinajstić information content (AvgIpc) is 3.18. The Hall–Kier alpha value is -1.12. The van der Waals surface area contributed by atoms with Crippen LogP contribution in [0.1, 0.15) is 48.4 Å². The standard InChI is InChI=1S/C19H23ClN2/c1-2-13-10-17-15-6-5-7-16(15)19(20)21-18(17)11-14(13)12-22-8-3-4-9-22/h10-11H,2-9,12H2,1H3. The van der Waals surface area contributed by atoms with Gasteiger partial charge in [-0.05, 0) is 86.0 Å². The third-order valence-electron chi connectivity index (χ3n) is 5.30. The van der Waals surface area contributed by atoms with Crippen molar-refractivity contribution in [3.8, 4) is 0 Å². The van der Waals surface area contributed by atoms with E-state index in [1.807, 2.05) is 0 Å². The Morgan fingerprint density at radius 1 is 1.05 bits per heavy atom. The molecule has 0 saturated carbocycles. The largest absolute Gasteiger partial charge is 0.299 e. The van der Waals surface area contributed by atoms with Crippen LogP contribution in [0.4, 0.5) is 0 Å². The number of likely N-dealkylation sites (tertiary alicyclic amines) is 1. The summed E-state index contributed by atoms with van der Waals surface area (Å²) < 4.78 is 0. The maximum Gasteiger partial charge on any atom is 0.133 e. The molecule has 0 radical (unpaired) electrons. The third kappa shape index (κ3) is 2.43. The molecule has 0 atom stereocenters. The van der Waals surface area contributed by atoms with E-state index in [1.165, 1.54) is 60.0 Å². The maximum atomic E-state index is 6.42. The average molecular weight is 315 g/mol. The first-order valence-corrected chi connectivity index (χ1v) is 8.99. The Bertz CT molecular complexity index is 717. The molecule has 1 fully saturated rings. The van der Waals surface area contributed by atoms with Gasteiger partial charge in [0.2, 0.25) is 0 Å². The van der Waals surface area contributed by atoms with Gasteiger partial charge in [0, 0.05) is 11.9 Å². The molecule has 2 aromatic rings. The summed E-state index contributed by atoms with van der Waals surface area (Å²) in [5, 5.41) is 2.08. The van der Waals surface area contributed by atoms with E-state index in [0.717, 1.165) is 36.5 Å². The van der Waals surface area contributed by atoms with E-state index in [-0.39, 0.29) is 0 Å². The molecule has 4 rings (SSSR count). The molecule has 2 aliphatic rings. The Morgan fingerprint density at radius 3 is 2.59 bits per heavy atom. The highest BCUT2D eigenvalue weighted by Gasteiger charge is 2.20. The zero-order valence-corrected chi connectivity index (χ0v) is 14.0. The van der Waals surface area contributed by atoms with E-state index in [9.17, 15) is 0 Å². The van der Waals surface area contributed by atoms with Crippen molar-refractivity contribution < 1.29 is 0 Å². The van der Waals surface area contributed by atoms with Gasteiger partial charge in [-0.3, -0.25) is 4.90 Å². The van der Waals surface area contributed by atoms with Crippen molar-refractivity contribution in [2.45, 2.75) is 52.0 Å². The minimum Gasteiger partial charge on any atom is -0.299 e. The second-order valence-electron chi connectivity index (χ2n) is 6.69. The van der Waals surface area contributed by atoms with E-state index in [4.69, 9.17) is 16.6 Å². The van der Waals surface area contributed by atoms with Crippen LogP contribution in [0.25, 0.3) is 10.9 Å². The number of hydrogen-bond donors (Lipinski definition) is 0. The Labute approximate surface area is 137 Å². The molecule has 22 heavy (non-hydrogen) atoms. The van der Waals surface area contributed by atoms with Crippen molar-refractivity contribution in [1.29, 1.82) is 0 Å². The van der Waals surface area contributed by atoms with Crippen LogP contribution < -0.4 is 0 Å². The lowest BCUT2D eigenvalue weighted by atomic mass is 9.97. The lowest BCUT2D eigenvalue weighted by molar-refractivity contribution is 0.330. The second-order valence-corrected chi connectivity index (χ2v) is 7.05. The number of nitrogens with zero attached hydrogens (tertiary/aromatic N) is 2. The van der Waals surface area contributed by atoms with Gasteiger partial charge < -0.3 is 0 Å². The number of aryl methyl sites for hydroxylation is 2. The SMILES string of the molecule is CCc1cc2c3c(c(Cl)nc2cc1CN1CCCC1)CCC3. The summed E-state index contributed by atoms with van der Waals surface area (Å²) in [6.45, 7) is 5.80. The number of pyridine rings is 1. The van der Waals surface area contributed by atoms with E-state index < -0.39 is 0 Å². The summed E-state index contributed by atoms with van der Waals surface area (Å²) in [6, 6.07) is 4.70. The zero-order valence-electron chi connectivity index (χ0n) is 13.3. The highest BCUT2D eigenvalue weighted by Crippen LogP contribution is 2.35. The minimum atomic E-state index is 0.733. The normalized spacial score (nSPS) is 18.3. The monoisotopic (exact) mass is 314 g/mol. The van der Waals surface area contributed by atoms with Gasteiger partial charge in [0.1, 0.15) is 5.15 Å². The van der Waals surface area contributed by atoms with Crippen LogP contribution in [-0.4, -0.2) is 23.0 Å². The number of hydrogen-bond acceptors (Lipinski definition) is 2. The van der Waals surface area contributed by atoms with Crippen LogP contribution in [0.2, 0.25) is 5.15 Å². The molecule has 116 valence electrons. The van der Waals surface area contributed by atoms with Crippen molar-refractivity contribution in [1.82, 2.24) is 9.88 Å². The van der Waals surface area contributed by atoms with Gasteiger partial charge in [-0.1, -0.05) is 18.5 Å². The Balaban J connectivity index is 1.82. The zero-order chi connectivity index (χ0) is 15.1. The van der Waals surface area contributed by atoms with E-state index >= 15 is 0 Å². The van der Waals surface area contributed by atoms with E-state index in [2.05, 4.69) is 24.0 Å². The smallest absolute Gasteiger partial charge is 0.133 e. The highest BCUT2D eigenvalue weighted by molar-refractivity contribution is 6.30. The first kappa shape index (κ1) is 14.5. The topological polar surface area (TPSA) is 16.1 Å². The predicted octanol–water partition coefficient (Wildman–Crippen LogP) is 4.54. The Morgan fingerprint density at radius 2 is 1.82 bits per heavy atom. The van der Waals surface area contributed by atoms with Crippen molar-refractivity contribution in [3.05, 3.63) is 39.5 Å². The van der Waals surface area contributed by atoms with Crippen LogP contribution in [-0.2, 0) is 25.8 Å². The summed E-state index contributed by atoms with van der Waals surface area (Å²) in [5.74, 6) is 0. The van der Waals surface area contributed by atoms with Gasteiger partial charge in [0.25, 0.3) is 0 Å². The molecule has 1 aliphatic carbocycles. The highest BCUT2D eigenvalue weighted by atomic mass is 35.5. The fourth-order valence-corrected chi connectivity index (χ4v) is 4.41. The van der Waals surface area contributed by atoms with Gasteiger partial charge in [-0.2, -0.15) is 0 Å². The molecule has 0 unspecified atom stereocenters. The molecule has 1 aromatic carbocycles. The molecule has 0 amide bonds. The lowest BCUT2D eigenvalue weighted by Gasteiger charge is -2.18. The van der Waals surface area contributed by atoms with Crippen LogP contribution >= 0.6 is 11.6 Å². The minimum absolute atomic E-state index is 0.733. The number of rotatable bonds is 3. The van der Waals surface area contributed by atoms with Crippen LogP contribution in [0.15, 0.2) is 12.1 Å². The van der Waals surface area contributed by atoms with Gasteiger partial charge >= 0.3 is 0 Å². The summed E-state index contributed by atoms with van der Waals surface area (Å²) in [6.07, 6.45) is 7.24. The number of aromatic nitrogens is 1. The van der Waals surface area contributed by atoms with E-state index in [1.54, 1.807) is 0 Å². The molecular formula is C19H23ClN2. The number of benzene rings is 1. The molecular weight excluding hydrogens is 292 g/mol. The molecule has 2 heterocycles. The lowest BCUT2D eigenvalue weighted by Crippen LogP contribution is -2.19. The number of fused-ring (bicyclic) bond motifs is 3. The quantitative estimate of drug-likeness (QED) is 0.773. The summed E-state index contributed by atoms with van der Waals surface area (Å²) in [5.41, 5.74) is 6.77. The summed E-state index contributed by atoms with van der Waals surface area (Å²) in [7, 11) is 0. The second kappa shape index (κ2) is 5.82. The Kier molecular flexibility index (Phi) is 3.83. The third-order valence-corrected chi connectivity index (χ3v) is 5.61. The van der Waals surface area contributed by atoms with Crippen LogP contribution in [0.5, 0.6) is 0 Å². The van der Waals surface area contributed by atoms with Gasteiger partial charge in [-0.25, -0.2) is 4.98 Å². The van der Waals surface area contributed by atoms with Crippen molar-refractivity contribution in [2.75, 3.05) is 13.1 Å². The number of halogens is 1. The molecule has 3 heteroatoms. The molecule has 0 spiro atoms. The van der Waals surface area contributed by atoms with Gasteiger partial charge in [0.05, 0.1) is 5.52 Å². The van der Waals surface area contributed by atoms with Crippen molar-refractivity contribution in [2.24, 2.45) is 0 Å².